The lowest BCUT2D eigenvalue weighted by Crippen LogP contribution is -2.56. The molecule has 2 heterocycles. The number of aliphatic carboxylic acids is 1. The van der Waals surface area contributed by atoms with Gasteiger partial charge in [-0.25, -0.2) is 9.78 Å². The molecule has 1 amide bonds. The number of thioether (sulfide) groups is 1. The van der Waals surface area contributed by atoms with E-state index >= 15 is 0 Å². The lowest BCUT2D eigenvalue weighted by molar-refractivity contribution is -0.144. The standard InChI is InChI=1S/C18H20N2O4S2/c1-2-24-13-5-3-12(4-6-13)16-19-14(11-26-16)15(21)20-18(17(22)23)7-9-25-10-8-18/h3-6,11H,2,7-10H2,1H3,(H,20,21)(H,22,23). The third-order valence-electron chi connectivity index (χ3n) is 4.26. The first-order chi connectivity index (χ1) is 12.5. The van der Waals surface area contributed by atoms with Crippen molar-refractivity contribution in [1.29, 1.82) is 0 Å². The van der Waals surface area contributed by atoms with Crippen LogP contribution in [0.25, 0.3) is 10.6 Å². The highest BCUT2D eigenvalue weighted by Gasteiger charge is 2.41. The summed E-state index contributed by atoms with van der Waals surface area (Å²) >= 11 is 3.06. The molecule has 0 atom stereocenters. The first-order valence-electron chi connectivity index (χ1n) is 8.36. The van der Waals surface area contributed by atoms with Crippen LogP contribution < -0.4 is 10.1 Å². The third kappa shape index (κ3) is 4.02. The van der Waals surface area contributed by atoms with E-state index < -0.39 is 17.4 Å². The third-order valence-corrected chi connectivity index (χ3v) is 6.13. The molecule has 0 aliphatic carbocycles. The van der Waals surface area contributed by atoms with Gasteiger partial charge in [0.2, 0.25) is 0 Å². The van der Waals surface area contributed by atoms with Gasteiger partial charge in [-0.15, -0.1) is 11.3 Å². The molecular formula is C18H20N2O4S2. The van der Waals surface area contributed by atoms with Crippen LogP contribution in [0, 0.1) is 0 Å². The van der Waals surface area contributed by atoms with Gasteiger partial charge in [-0.3, -0.25) is 4.79 Å². The van der Waals surface area contributed by atoms with Crippen LogP contribution in [0.5, 0.6) is 5.75 Å². The predicted octanol–water partition coefficient (Wildman–Crippen LogP) is 3.29. The van der Waals surface area contributed by atoms with Crippen molar-refractivity contribution < 1.29 is 19.4 Å². The fourth-order valence-electron chi connectivity index (χ4n) is 2.76. The van der Waals surface area contributed by atoms with Crippen LogP contribution in [0.1, 0.15) is 30.3 Å². The molecule has 1 aliphatic heterocycles. The zero-order valence-corrected chi connectivity index (χ0v) is 16.0. The number of hydrogen-bond donors (Lipinski definition) is 2. The molecule has 2 aromatic rings. The molecule has 8 heteroatoms. The summed E-state index contributed by atoms with van der Waals surface area (Å²) in [5.41, 5.74) is -0.0529. The van der Waals surface area contributed by atoms with Gasteiger partial charge in [-0.05, 0) is 55.5 Å². The van der Waals surface area contributed by atoms with Crippen molar-refractivity contribution >= 4 is 35.0 Å². The summed E-state index contributed by atoms with van der Waals surface area (Å²) in [6, 6.07) is 7.50. The van der Waals surface area contributed by atoms with Crippen LogP contribution in [0.4, 0.5) is 0 Å². The Morgan fingerprint density at radius 2 is 1.96 bits per heavy atom. The SMILES string of the molecule is CCOc1ccc(-c2nc(C(=O)NC3(C(=O)O)CCSCC3)cs2)cc1. The molecule has 0 bridgehead atoms. The molecule has 1 aliphatic rings. The number of carboxylic acids is 1. The van der Waals surface area contributed by atoms with E-state index in [0.29, 0.717) is 24.5 Å². The molecular weight excluding hydrogens is 372 g/mol. The molecule has 1 fully saturated rings. The van der Waals surface area contributed by atoms with Crippen molar-refractivity contribution in [3.63, 3.8) is 0 Å². The fraction of sp³-hybridized carbons (Fsp3) is 0.389. The molecule has 0 radical (unpaired) electrons. The minimum Gasteiger partial charge on any atom is -0.494 e. The van der Waals surface area contributed by atoms with Crippen LogP contribution >= 0.6 is 23.1 Å². The maximum atomic E-state index is 12.5. The summed E-state index contributed by atoms with van der Waals surface area (Å²) in [7, 11) is 0. The van der Waals surface area contributed by atoms with E-state index in [2.05, 4.69) is 10.3 Å². The summed E-state index contributed by atoms with van der Waals surface area (Å²) < 4.78 is 5.42. The highest BCUT2D eigenvalue weighted by molar-refractivity contribution is 7.99. The number of thiazole rings is 1. The quantitative estimate of drug-likeness (QED) is 0.784. The van der Waals surface area contributed by atoms with Gasteiger partial charge in [0.1, 0.15) is 22.0 Å². The zero-order valence-electron chi connectivity index (χ0n) is 14.4. The number of aromatic nitrogens is 1. The zero-order chi connectivity index (χ0) is 18.6. The molecule has 6 nitrogen and oxygen atoms in total. The summed E-state index contributed by atoms with van der Waals surface area (Å²) in [6.07, 6.45) is 0.850. The summed E-state index contributed by atoms with van der Waals surface area (Å²) in [5.74, 6) is 0.812. The number of rotatable bonds is 6. The Morgan fingerprint density at radius 3 is 2.58 bits per heavy atom. The van der Waals surface area contributed by atoms with E-state index in [1.807, 2.05) is 31.2 Å². The number of carbonyl (C=O) groups excluding carboxylic acids is 1. The van der Waals surface area contributed by atoms with Crippen molar-refractivity contribution in [3.8, 4) is 16.3 Å². The second-order valence-electron chi connectivity index (χ2n) is 5.95. The topological polar surface area (TPSA) is 88.5 Å². The van der Waals surface area contributed by atoms with Gasteiger partial charge in [0, 0.05) is 10.9 Å². The van der Waals surface area contributed by atoms with Gasteiger partial charge in [0.05, 0.1) is 6.61 Å². The molecule has 1 aromatic carbocycles. The molecule has 138 valence electrons. The monoisotopic (exact) mass is 392 g/mol. The van der Waals surface area contributed by atoms with Gasteiger partial charge in [0.15, 0.2) is 0 Å². The van der Waals surface area contributed by atoms with Crippen LogP contribution in [0.3, 0.4) is 0 Å². The van der Waals surface area contributed by atoms with Crippen molar-refractivity contribution in [2.24, 2.45) is 0 Å². The Hall–Kier alpha value is -2.06. The Morgan fingerprint density at radius 1 is 1.27 bits per heavy atom. The largest absolute Gasteiger partial charge is 0.494 e. The highest BCUT2D eigenvalue weighted by Crippen LogP contribution is 2.29. The van der Waals surface area contributed by atoms with Crippen molar-refractivity contribution in [3.05, 3.63) is 35.3 Å². The van der Waals surface area contributed by atoms with E-state index in [-0.39, 0.29) is 5.69 Å². The maximum absolute atomic E-state index is 12.5. The first kappa shape index (κ1) is 18.7. The van der Waals surface area contributed by atoms with E-state index in [4.69, 9.17) is 4.74 Å². The van der Waals surface area contributed by atoms with E-state index in [1.54, 1.807) is 17.1 Å². The van der Waals surface area contributed by atoms with E-state index in [0.717, 1.165) is 22.8 Å². The van der Waals surface area contributed by atoms with Crippen LogP contribution in [0.15, 0.2) is 29.6 Å². The van der Waals surface area contributed by atoms with E-state index in [1.165, 1.54) is 11.3 Å². The van der Waals surface area contributed by atoms with Crippen LogP contribution in [-0.4, -0.2) is 45.6 Å². The maximum Gasteiger partial charge on any atom is 0.329 e. The Labute approximate surface area is 160 Å². The van der Waals surface area contributed by atoms with Crippen molar-refractivity contribution in [1.82, 2.24) is 10.3 Å². The summed E-state index contributed by atoms with van der Waals surface area (Å²) in [4.78, 5) is 28.6. The average molecular weight is 393 g/mol. The van der Waals surface area contributed by atoms with E-state index in [9.17, 15) is 14.7 Å². The number of carboxylic acid groups (broad SMARTS) is 1. The molecule has 1 aromatic heterocycles. The van der Waals surface area contributed by atoms with Crippen molar-refractivity contribution in [2.45, 2.75) is 25.3 Å². The number of benzene rings is 1. The summed E-state index contributed by atoms with van der Waals surface area (Å²) in [6.45, 7) is 2.53. The Bertz CT molecular complexity index is 783. The summed E-state index contributed by atoms with van der Waals surface area (Å²) in [5, 5.41) is 14.7. The van der Waals surface area contributed by atoms with Gasteiger partial charge in [-0.2, -0.15) is 11.8 Å². The number of ether oxygens (including phenoxy) is 1. The first-order valence-corrected chi connectivity index (χ1v) is 10.4. The minimum absolute atomic E-state index is 0.248. The number of nitrogens with zero attached hydrogens (tertiary/aromatic N) is 1. The molecule has 1 saturated heterocycles. The van der Waals surface area contributed by atoms with Gasteiger partial charge in [0.25, 0.3) is 5.91 Å². The highest BCUT2D eigenvalue weighted by atomic mass is 32.2. The van der Waals surface area contributed by atoms with Crippen molar-refractivity contribution in [2.75, 3.05) is 18.1 Å². The molecule has 0 unspecified atom stereocenters. The van der Waals surface area contributed by atoms with Crippen LogP contribution in [0.2, 0.25) is 0 Å². The number of amides is 1. The lowest BCUT2D eigenvalue weighted by atomic mass is 9.92. The Kier molecular flexibility index (Phi) is 5.83. The van der Waals surface area contributed by atoms with Gasteiger partial charge >= 0.3 is 5.97 Å². The predicted molar refractivity (Wildman–Crippen MR) is 103 cm³/mol. The normalized spacial score (nSPS) is 16.0. The second-order valence-corrected chi connectivity index (χ2v) is 8.03. The average Bonchev–Trinajstić information content (AvgIpc) is 3.13. The van der Waals surface area contributed by atoms with Gasteiger partial charge in [-0.1, -0.05) is 0 Å². The minimum atomic E-state index is -1.19. The smallest absolute Gasteiger partial charge is 0.329 e. The molecule has 0 spiro atoms. The number of hydrogen-bond acceptors (Lipinski definition) is 6. The number of carbonyl (C=O) groups is 2. The molecule has 3 rings (SSSR count). The lowest BCUT2D eigenvalue weighted by Gasteiger charge is -2.33. The van der Waals surface area contributed by atoms with Gasteiger partial charge < -0.3 is 15.2 Å². The molecule has 2 N–H and O–H groups in total. The number of nitrogens with one attached hydrogen (secondary N) is 1. The molecule has 26 heavy (non-hydrogen) atoms. The fourth-order valence-corrected chi connectivity index (χ4v) is 4.76. The molecule has 0 saturated carbocycles. The Balaban J connectivity index is 1.74. The second kappa shape index (κ2) is 8.09. The van der Waals surface area contributed by atoms with Crippen LogP contribution in [-0.2, 0) is 4.79 Å².